The minimum absolute atomic E-state index is 0.0158. The van der Waals surface area contributed by atoms with Crippen LogP contribution in [0.5, 0.6) is 0 Å². The molecule has 1 rings (SSSR count). The molecule has 0 N–H and O–H groups in total. The lowest BCUT2D eigenvalue weighted by atomic mass is 9.86. The minimum atomic E-state index is -0.831. The summed E-state index contributed by atoms with van der Waals surface area (Å²) in [6.45, 7) is 6.33. The third-order valence-corrected chi connectivity index (χ3v) is 12.7. The van der Waals surface area contributed by atoms with E-state index in [4.69, 9.17) is 18.9 Å². The number of hydrogen-bond acceptors (Lipinski definition) is 9. The molecule has 0 radical (unpaired) electrons. The van der Waals surface area contributed by atoms with Crippen molar-refractivity contribution >= 4 is 29.8 Å². The highest BCUT2D eigenvalue weighted by molar-refractivity contribution is 5.94. The minimum Gasteiger partial charge on any atom is -0.462 e. The van der Waals surface area contributed by atoms with Gasteiger partial charge in [-0.25, -0.2) is 0 Å². The van der Waals surface area contributed by atoms with Gasteiger partial charge in [-0.1, -0.05) is 209 Å². The summed E-state index contributed by atoms with van der Waals surface area (Å²) < 4.78 is 21.6. The first-order valence-electron chi connectivity index (χ1n) is 28.5. The summed E-state index contributed by atoms with van der Waals surface area (Å²) >= 11 is 0. The quantitative estimate of drug-likeness (QED) is 0.0146. The van der Waals surface area contributed by atoms with Crippen molar-refractivity contribution in [3.8, 4) is 0 Å². The highest BCUT2D eigenvalue weighted by Gasteiger charge is 2.37. The summed E-state index contributed by atoms with van der Waals surface area (Å²) in [5.41, 5.74) is 0. The first-order valence-corrected chi connectivity index (χ1v) is 28.5. The molecule has 0 saturated carbocycles. The fourth-order valence-electron chi connectivity index (χ4n) is 8.39. The molecule has 3 atom stereocenters. The Morgan fingerprint density at radius 3 is 1.46 bits per heavy atom. The van der Waals surface area contributed by atoms with Crippen LogP contribution in [0, 0.1) is 11.8 Å². The van der Waals surface area contributed by atoms with Gasteiger partial charge < -0.3 is 18.9 Å². The van der Waals surface area contributed by atoms with Crippen molar-refractivity contribution in [2.24, 2.45) is 11.8 Å². The maximum absolute atomic E-state index is 12.9. The fraction of sp³-hybridized carbons (Fsp3) is 0.721. The molecule has 0 aromatic heterocycles. The SMILES string of the molecule is CCC/C=C/C=C\C/C=C\CCCCCCCC(=O)OCC(COC(=O)CCCCCCC/C=C\C=C\C(CCCCC)C1CC(=O)OC1=O)OC(=O)CCCCCCC/C=C/CCCCCCCC. The van der Waals surface area contributed by atoms with Crippen LogP contribution in [0.15, 0.2) is 72.9 Å². The first-order chi connectivity index (χ1) is 34.3. The zero-order valence-electron chi connectivity index (χ0n) is 44.7. The van der Waals surface area contributed by atoms with Crippen molar-refractivity contribution in [3.05, 3.63) is 72.9 Å². The molecule has 0 amide bonds. The van der Waals surface area contributed by atoms with Crippen LogP contribution in [0.25, 0.3) is 0 Å². The molecule has 0 aromatic carbocycles. The molecule has 3 unspecified atom stereocenters. The van der Waals surface area contributed by atoms with Crippen molar-refractivity contribution in [2.45, 2.75) is 258 Å². The Labute approximate surface area is 427 Å². The standard InChI is InChI=1S/C61H100O9/c1-4-7-10-12-14-16-18-20-22-24-26-30-34-38-43-48-57(62)67-52-55(69-59(64)50-45-40-36-31-27-25-23-21-19-17-15-13-11-8-5-2)53-68-58(63)49-44-39-35-32-28-29-33-37-42-47-54(46-41-9-6-3)56-51-60(65)70-61(56)66/h10,12,14,16,20-23,33,37,42,47,54-56H,4-9,11,13,15,17-19,24-32,34-36,38-41,43-46,48-53H2,1-3H3/b12-10+,16-14-,22-20-,23-21+,37-33-,47-42+. The van der Waals surface area contributed by atoms with Gasteiger partial charge in [0.1, 0.15) is 13.2 Å². The van der Waals surface area contributed by atoms with Crippen LogP contribution in [0.4, 0.5) is 0 Å². The van der Waals surface area contributed by atoms with Crippen LogP contribution in [0.1, 0.15) is 252 Å². The Kier molecular flexibility index (Phi) is 44.4. The maximum atomic E-state index is 12.9. The van der Waals surface area contributed by atoms with Gasteiger partial charge in [-0.2, -0.15) is 0 Å². The molecule has 398 valence electrons. The van der Waals surface area contributed by atoms with Gasteiger partial charge in [-0.3, -0.25) is 24.0 Å². The molecule has 0 aliphatic carbocycles. The molecule has 0 bridgehead atoms. The summed E-state index contributed by atoms with van der Waals surface area (Å²) in [6, 6.07) is 0. The van der Waals surface area contributed by atoms with Crippen LogP contribution in [-0.2, 0) is 42.9 Å². The number of unbranched alkanes of at least 4 members (excludes halogenated alkanes) is 24. The van der Waals surface area contributed by atoms with E-state index in [1.54, 1.807) is 0 Å². The molecule has 0 spiro atoms. The lowest BCUT2D eigenvalue weighted by Gasteiger charge is -2.18. The number of ether oxygens (including phenoxy) is 4. The van der Waals surface area contributed by atoms with E-state index in [0.717, 1.165) is 148 Å². The molecular weight excluding hydrogens is 877 g/mol. The monoisotopic (exact) mass is 977 g/mol. The number of carbonyl (C=O) groups excluding carboxylic acids is 5. The number of hydrogen-bond donors (Lipinski definition) is 0. The molecule has 9 nitrogen and oxygen atoms in total. The fourth-order valence-corrected chi connectivity index (χ4v) is 8.39. The Bertz CT molecular complexity index is 1500. The lowest BCUT2D eigenvalue weighted by molar-refractivity contribution is -0.167. The molecule has 1 aliphatic heterocycles. The van der Waals surface area contributed by atoms with Gasteiger partial charge in [0.25, 0.3) is 0 Å². The Morgan fingerprint density at radius 2 is 0.929 bits per heavy atom. The molecule has 1 saturated heterocycles. The average Bonchev–Trinajstić information content (AvgIpc) is 3.69. The molecule has 70 heavy (non-hydrogen) atoms. The Morgan fingerprint density at radius 1 is 0.486 bits per heavy atom. The van der Waals surface area contributed by atoms with Crippen LogP contribution < -0.4 is 0 Å². The van der Waals surface area contributed by atoms with Crippen molar-refractivity contribution in [2.75, 3.05) is 13.2 Å². The van der Waals surface area contributed by atoms with Gasteiger partial charge in [0, 0.05) is 19.3 Å². The van der Waals surface area contributed by atoms with Gasteiger partial charge in [-0.15, -0.1) is 0 Å². The zero-order chi connectivity index (χ0) is 50.8. The van der Waals surface area contributed by atoms with E-state index in [0.29, 0.717) is 12.8 Å². The summed E-state index contributed by atoms with van der Waals surface area (Å²) in [7, 11) is 0. The second kappa shape index (κ2) is 48.6. The van der Waals surface area contributed by atoms with Gasteiger partial charge >= 0.3 is 29.8 Å². The van der Waals surface area contributed by atoms with Crippen LogP contribution >= 0.6 is 0 Å². The van der Waals surface area contributed by atoms with E-state index in [1.165, 1.54) is 51.4 Å². The molecule has 0 aromatic rings. The van der Waals surface area contributed by atoms with Gasteiger partial charge in [0.05, 0.1) is 12.3 Å². The van der Waals surface area contributed by atoms with Crippen molar-refractivity contribution in [1.82, 2.24) is 0 Å². The Balaban J connectivity index is 2.40. The maximum Gasteiger partial charge on any atom is 0.317 e. The van der Waals surface area contributed by atoms with E-state index < -0.39 is 18.0 Å². The zero-order valence-corrected chi connectivity index (χ0v) is 44.7. The van der Waals surface area contributed by atoms with Crippen LogP contribution in [0.3, 0.4) is 0 Å². The largest absolute Gasteiger partial charge is 0.462 e. The van der Waals surface area contributed by atoms with Crippen molar-refractivity contribution < 1.29 is 42.9 Å². The van der Waals surface area contributed by atoms with Crippen LogP contribution in [-0.4, -0.2) is 49.2 Å². The van der Waals surface area contributed by atoms with Gasteiger partial charge in [-0.05, 0) is 95.8 Å². The summed E-state index contributed by atoms with van der Waals surface area (Å²) in [5.74, 6) is -2.20. The number of allylic oxidation sites excluding steroid dienone is 12. The normalized spacial score (nSPS) is 15.2. The van der Waals surface area contributed by atoms with E-state index in [-0.39, 0.29) is 62.2 Å². The van der Waals surface area contributed by atoms with E-state index >= 15 is 0 Å². The molecule has 1 fully saturated rings. The Hall–Kier alpha value is -4.01. The molecular formula is C61H100O9. The molecule has 1 aliphatic rings. The van der Waals surface area contributed by atoms with E-state index in [1.807, 2.05) is 18.2 Å². The number of rotatable bonds is 48. The first kappa shape index (κ1) is 64.0. The summed E-state index contributed by atoms with van der Waals surface area (Å²) in [4.78, 5) is 62.0. The van der Waals surface area contributed by atoms with Crippen molar-refractivity contribution in [3.63, 3.8) is 0 Å². The number of carbonyl (C=O) groups is 5. The summed E-state index contributed by atoms with van der Waals surface area (Å²) in [5, 5.41) is 0. The average molecular weight is 977 g/mol. The number of esters is 5. The highest BCUT2D eigenvalue weighted by atomic mass is 16.6. The molecule has 1 heterocycles. The topological polar surface area (TPSA) is 122 Å². The highest BCUT2D eigenvalue weighted by Crippen LogP contribution is 2.30. The smallest absolute Gasteiger partial charge is 0.317 e. The third kappa shape index (κ3) is 40.7. The number of cyclic esters (lactones) is 2. The van der Waals surface area contributed by atoms with E-state index in [9.17, 15) is 24.0 Å². The second-order valence-electron chi connectivity index (χ2n) is 19.4. The van der Waals surface area contributed by atoms with Crippen LogP contribution in [0.2, 0.25) is 0 Å². The van der Waals surface area contributed by atoms with E-state index in [2.05, 4.69) is 75.5 Å². The predicted octanol–water partition coefficient (Wildman–Crippen LogP) is 16.7. The lowest BCUT2D eigenvalue weighted by Crippen LogP contribution is -2.30. The second-order valence-corrected chi connectivity index (χ2v) is 19.4. The van der Waals surface area contributed by atoms with Gasteiger partial charge in [0.2, 0.25) is 0 Å². The predicted molar refractivity (Wildman–Crippen MR) is 288 cm³/mol. The third-order valence-electron chi connectivity index (χ3n) is 12.7. The van der Waals surface area contributed by atoms with Crippen molar-refractivity contribution in [1.29, 1.82) is 0 Å². The molecule has 9 heteroatoms. The van der Waals surface area contributed by atoms with Gasteiger partial charge in [0.15, 0.2) is 6.10 Å². The summed E-state index contributed by atoms with van der Waals surface area (Å²) in [6.07, 6.45) is 60.6.